The van der Waals surface area contributed by atoms with Crippen LogP contribution in [0.5, 0.6) is 0 Å². The maximum atomic E-state index is 13.5. The number of benzene rings is 1. The molecular formula is C24H27N3O5S. The maximum Gasteiger partial charge on any atom is 0.354 e. The zero-order valence-electron chi connectivity index (χ0n) is 19.3. The summed E-state index contributed by atoms with van der Waals surface area (Å²) in [5, 5.41) is 0. The van der Waals surface area contributed by atoms with Crippen molar-refractivity contribution in [1.82, 2.24) is 13.9 Å². The van der Waals surface area contributed by atoms with E-state index in [9.17, 15) is 18.0 Å². The Balaban J connectivity index is 2.03. The summed E-state index contributed by atoms with van der Waals surface area (Å²) in [6.45, 7) is 4.86. The number of aromatic nitrogens is 2. The zero-order chi connectivity index (χ0) is 24.3. The van der Waals surface area contributed by atoms with Crippen LogP contribution >= 0.6 is 0 Å². The van der Waals surface area contributed by atoms with E-state index < -0.39 is 21.8 Å². The van der Waals surface area contributed by atoms with Crippen molar-refractivity contribution >= 4 is 21.8 Å². The highest BCUT2D eigenvalue weighted by Crippen LogP contribution is 2.25. The summed E-state index contributed by atoms with van der Waals surface area (Å²) >= 11 is 0. The highest BCUT2D eigenvalue weighted by Gasteiger charge is 2.31. The number of methoxy groups -OCH3 is 1. The van der Waals surface area contributed by atoms with E-state index in [1.165, 1.54) is 19.2 Å². The number of esters is 1. The minimum Gasteiger partial charge on any atom is -0.464 e. The van der Waals surface area contributed by atoms with Crippen molar-refractivity contribution in [3.8, 4) is 0 Å². The molecule has 8 nitrogen and oxygen atoms in total. The number of Topliss-reactive ketones (excluding diaryl/α,β-unsaturated/α-hetero) is 1. The third kappa shape index (κ3) is 4.89. The predicted octanol–water partition coefficient (Wildman–Crippen LogP) is 3.21. The van der Waals surface area contributed by atoms with Crippen molar-refractivity contribution in [3.63, 3.8) is 0 Å². The van der Waals surface area contributed by atoms with Gasteiger partial charge < -0.3 is 9.30 Å². The molecule has 0 bridgehead atoms. The second-order valence-electron chi connectivity index (χ2n) is 7.85. The van der Waals surface area contributed by atoms with E-state index in [1.54, 1.807) is 62.1 Å². The van der Waals surface area contributed by atoms with Crippen LogP contribution in [-0.4, -0.2) is 47.7 Å². The van der Waals surface area contributed by atoms with E-state index in [0.29, 0.717) is 22.4 Å². The molecular weight excluding hydrogens is 442 g/mol. The van der Waals surface area contributed by atoms with Gasteiger partial charge in [-0.05, 0) is 56.2 Å². The molecule has 0 radical (unpaired) electrons. The van der Waals surface area contributed by atoms with Crippen LogP contribution < -0.4 is 0 Å². The summed E-state index contributed by atoms with van der Waals surface area (Å²) in [6.07, 6.45) is 3.14. The van der Waals surface area contributed by atoms with Crippen molar-refractivity contribution in [3.05, 3.63) is 82.4 Å². The standard InChI is InChI=1S/C24H27N3O5S/c1-16-6-8-20(9-7-16)33(30,31)27(14-19-10-12-25-13-11-19)15-21(28)22-17(2)23(24(29)32-5)26(4)18(22)3/h6-13H,14-15H2,1-5H3. The lowest BCUT2D eigenvalue weighted by Gasteiger charge is -2.22. The molecule has 0 fully saturated rings. The Morgan fingerprint density at radius 1 is 1.03 bits per heavy atom. The van der Waals surface area contributed by atoms with E-state index in [1.807, 2.05) is 6.92 Å². The molecule has 174 valence electrons. The molecule has 0 atom stereocenters. The summed E-state index contributed by atoms with van der Waals surface area (Å²) in [5.74, 6) is -0.960. The molecule has 0 aliphatic carbocycles. The number of ether oxygens (including phenoxy) is 1. The monoisotopic (exact) mass is 469 g/mol. The van der Waals surface area contributed by atoms with Gasteiger partial charge in [0, 0.05) is 37.2 Å². The topological polar surface area (TPSA) is 98.6 Å². The normalized spacial score (nSPS) is 11.6. The number of sulfonamides is 1. The Bertz CT molecular complexity index is 1280. The third-order valence-electron chi connectivity index (χ3n) is 5.68. The molecule has 2 heterocycles. The number of hydrogen-bond donors (Lipinski definition) is 0. The molecule has 33 heavy (non-hydrogen) atoms. The fraction of sp³-hybridized carbons (Fsp3) is 0.292. The molecule has 0 N–H and O–H groups in total. The van der Waals surface area contributed by atoms with Gasteiger partial charge in [-0.3, -0.25) is 9.78 Å². The van der Waals surface area contributed by atoms with E-state index >= 15 is 0 Å². The molecule has 3 rings (SSSR count). The molecule has 0 saturated heterocycles. The quantitative estimate of drug-likeness (QED) is 0.371. The van der Waals surface area contributed by atoms with Crippen LogP contribution in [0.25, 0.3) is 0 Å². The van der Waals surface area contributed by atoms with Gasteiger partial charge >= 0.3 is 5.97 Å². The van der Waals surface area contributed by atoms with E-state index in [4.69, 9.17) is 4.74 Å². The van der Waals surface area contributed by atoms with Gasteiger partial charge in [0.1, 0.15) is 5.69 Å². The lowest BCUT2D eigenvalue weighted by molar-refractivity contribution is 0.0588. The average Bonchev–Trinajstić information content (AvgIpc) is 3.01. The zero-order valence-corrected chi connectivity index (χ0v) is 20.1. The second kappa shape index (κ2) is 9.68. The number of rotatable bonds is 8. The van der Waals surface area contributed by atoms with Gasteiger partial charge in [0.05, 0.1) is 18.6 Å². The molecule has 0 saturated carbocycles. The maximum absolute atomic E-state index is 13.5. The predicted molar refractivity (Wildman–Crippen MR) is 124 cm³/mol. The van der Waals surface area contributed by atoms with E-state index in [0.717, 1.165) is 9.87 Å². The fourth-order valence-electron chi connectivity index (χ4n) is 3.79. The largest absolute Gasteiger partial charge is 0.464 e. The number of carbonyl (C=O) groups excluding carboxylic acids is 2. The Morgan fingerprint density at radius 2 is 1.64 bits per heavy atom. The summed E-state index contributed by atoms with van der Waals surface area (Å²) in [7, 11) is -1.03. The molecule has 0 unspecified atom stereocenters. The van der Waals surface area contributed by atoms with Gasteiger partial charge in [0.2, 0.25) is 10.0 Å². The lowest BCUT2D eigenvalue weighted by Crippen LogP contribution is -2.35. The van der Waals surface area contributed by atoms with Crippen molar-refractivity contribution in [2.75, 3.05) is 13.7 Å². The first-order valence-corrected chi connectivity index (χ1v) is 11.7. The van der Waals surface area contributed by atoms with Gasteiger partial charge in [-0.1, -0.05) is 17.7 Å². The summed E-state index contributed by atoms with van der Waals surface area (Å²) < 4.78 is 34.6. The molecule has 3 aromatic rings. The van der Waals surface area contributed by atoms with Crippen molar-refractivity contribution in [2.45, 2.75) is 32.2 Å². The highest BCUT2D eigenvalue weighted by atomic mass is 32.2. The fourth-order valence-corrected chi connectivity index (χ4v) is 5.17. The molecule has 0 spiro atoms. The number of ketones is 1. The van der Waals surface area contributed by atoms with E-state index in [-0.39, 0.29) is 23.7 Å². The lowest BCUT2D eigenvalue weighted by atomic mass is 10.1. The van der Waals surface area contributed by atoms with Gasteiger partial charge in [-0.15, -0.1) is 0 Å². The van der Waals surface area contributed by atoms with Crippen LogP contribution in [0.2, 0.25) is 0 Å². The van der Waals surface area contributed by atoms with Crippen molar-refractivity contribution in [1.29, 1.82) is 0 Å². The first-order valence-electron chi connectivity index (χ1n) is 10.3. The molecule has 0 aliphatic rings. The molecule has 9 heteroatoms. The smallest absolute Gasteiger partial charge is 0.354 e. The average molecular weight is 470 g/mol. The van der Waals surface area contributed by atoms with Gasteiger partial charge in [0.25, 0.3) is 0 Å². The molecule has 0 amide bonds. The van der Waals surface area contributed by atoms with Crippen molar-refractivity contribution in [2.24, 2.45) is 7.05 Å². The highest BCUT2D eigenvalue weighted by molar-refractivity contribution is 7.89. The second-order valence-corrected chi connectivity index (χ2v) is 9.79. The van der Waals surface area contributed by atoms with Crippen LogP contribution in [-0.2, 0) is 28.4 Å². The Morgan fingerprint density at radius 3 is 2.21 bits per heavy atom. The van der Waals surface area contributed by atoms with Gasteiger partial charge in [0.15, 0.2) is 5.78 Å². The molecule has 0 aliphatic heterocycles. The summed E-state index contributed by atoms with van der Waals surface area (Å²) in [4.78, 5) is 29.7. The Labute approximate surface area is 193 Å². The molecule has 2 aromatic heterocycles. The Kier molecular flexibility index (Phi) is 7.14. The molecule has 1 aromatic carbocycles. The first kappa shape index (κ1) is 24.3. The summed E-state index contributed by atoms with van der Waals surface area (Å²) in [6, 6.07) is 9.90. The van der Waals surface area contributed by atoms with Crippen LogP contribution in [0.3, 0.4) is 0 Å². The number of nitrogens with zero attached hydrogens (tertiary/aromatic N) is 3. The number of carbonyl (C=O) groups is 2. The number of pyridine rings is 1. The van der Waals surface area contributed by atoms with Crippen LogP contribution in [0.15, 0.2) is 53.7 Å². The summed E-state index contributed by atoms with van der Waals surface area (Å²) in [5.41, 5.74) is 3.23. The first-order chi connectivity index (χ1) is 15.6. The Hall–Kier alpha value is -3.30. The van der Waals surface area contributed by atoms with Crippen molar-refractivity contribution < 1.29 is 22.7 Å². The van der Waals surface area contributed by atoms with Crippen LogP contribution in [0.1, 0.15) is 43.2 Å². The third-order valence-corrected chi connectivity index (χ3v) is 7.48. The number of hydrogen-bond acceptors (Lipinski definition) is 6. The van der Waals surface area contributed by atoms with Gasteiger partial charge in [-0.25, -0.2) is 13.2 Å². The van der Waals surface area contributed by atoms with Crippen LogP contribution in [0, 0.1) is 20.8 Å². The van der Waals surface area contributed by atoms with Crippen LogP contribution in [0.4, 0.5) is 0 Å². The minimum absolute atomic E-state index is 0.000737. The van der Waals surface area contributed by atoms with E-state index in [2.05, 4.69) is 4.98 Å². The SMILES string of the molecule is COC(=O)c1c(C)c(C(=O)CN(Cc2ccncc2)S(=O)(=O)c2ccc(C)cc2)c(C)n1C. The van der Waals surface area contributed by atoms with Gasteiger partial charge in [-0.2, -0.15) is 4.31 Å². The number of aryl methyl sites for hydroxylation is 1. The minimum atomic E-state index is -3.98.